The number of carbonyl (C=O) groups is 2. The number of primary amides is 1. The Hall–Kier alpha value is -4.32. The van der Waals surface area contributed by atoms with Crippen molar-refractivity contribution >= 4 is 34.9 Å². The van der Waals surface area contributed by atoms with Crippen LogP contribution >= 0.6 is 11.6 Å². The third-order valence-electron chi connectivity index (χ3n) is 9.37. The standard InChI is InChI=1S/C35H41ClN8O3/c1-22-17-31(43-13-15-47-16-14-43)39-21-29(22)27-4-2-3-24(18-27)19-30(32(38)45)44(34(46)26-7-5-23(20-37)6-8-26)28-11-9-25(10-12-28)33-40-35(36)42-41-33/h2-4,9-12,17-18,21,23,26,30H,5-8,13-16,19-20,37H2,1H3,(H2,38,45)(H,40,41,42)/t23?,26?,30-/m0/s1. The first-order valence-corrected chi connectivity index (χ1v) is 16.6. The maximum Gasteiger partial charge on any atom is 0.240 e. The van der Waals surface area contributed by atoms with E-state index >= 15 is 0 Å². The third kappa shape index (κ3) is 7.48. The van der Waals surface area contributed by atoms with Crippen molar-refractivity contribution in [2.45, 2.75) is 45.1 Å². The number of pyridine rings is 1. The molecule has 2 fully saturated rings. The van der Waals surface area contributed by atoms with Crippen LogP contribution in [0.1, 0.15) is 36.8 Å². The van der Waals surface area contributed by atoms with Crippen LogP contribution in [0.25, 0.3) is 22.5 Å². The quantitative estimate of drug-likeness (QED) is 0.225. The molecule has 5 N–H and O–H groups in total. The molecule has 6 rings (SSSR count). The highest BCUT2D eigenvalue weighted by atomic mass is 35.5. The second kappa shape index (κ2) is 14.6. The molecule has 12 heteroatoms. The van der Waals surface area contributed by atoms with Crippen LogP contribution in [0.4, 0.5) is 11.5 Å². The minimum atomic E-state index is -0.906. The largest absolute Gasteiger partial charge is 0.378 e. The number of rotatable bonds is 10. The molecule has 47 heavy (non-hydrogen) atoms. The van der Waals surface area contributed by atoms with Gasteiger partial charge in [0.2, 0.25) is 17.1 Å². The van der Waals surface area contributed by atoms with E-state index in [-0.39, 0.29) is 23.5 Å². The Balaban J connectivity index is 1.29. The van der Waals surface area contributed by atoms with Gasteiger partial charge in [0.05, 0.1) is 13.2 Å². The summed E-state index contributed by atoms with van der Waals surface area (Å²) in [5.74, 6) is 0.883. The Bertz CT molecular complexity index is 1700. The maximum absolute atomic E-state index is 14.3. The number of hydrogen-bond acceptors (Lipinski definition) is 8. The molecule has 0 bridgehead atoms. The molecule has 4 aromatic rings. The molecule has 0 unspecified atom stereocenters. The number of morpholine rings is 1. The zero-order valence-corrected chi connectivity index (χ0v) is 27.3. The monoisotopic (exact) mass is 656 g/mol. The van der Waals surface area contributed by atoms with Gasteiger partial charge < -0.3 is 21.1 Å². The minimum absolute atomic E-state index is 0.104. The van der Waals surface area contributed by atoms with E-state index in [0.29, 0.717) is 37.2 Å². The summed E-state index contributed by atoms with van der Waals surface area (Å²) in [4.78, 5) is 40.3. The van der Waals surface area contributed by atoms with Gasteiger partial charge in [-0.05, 0) is 104 Å². The number of aryl methyl sites for hydroxylation is 1. The molecular weight excluding hydrogens is 616 g/mol. The van der Waals surface area contributed by atoms with Gasteiger partial charge >= 0.3 is 0 Å². The summed E-state index contributed by atoms with van der Waals surface area (Å²) in [5, 5.41) is 6.94. The number of carbonyl (C=O) groups excluding carboxylic acids is 2. The van der Waals surface area contributed by atoms with Crippen molar-refractivity contribution in [3.8, 4) is 22.5 Å². The predicted octanol–water partition coefficient (Wildman–Crippen LogP) is 4.53. The van der Waals surface area contributed by atoms with Crippen LogP contribution in [0.15, 0.2) is 60.8 Å². The van der Waals surface area contributed by atoms with E-state index in [9.17, 15) is 9.59 Å². The number of anilines is 2. The van der Waals surface area contributed by atoms with Crippen molar-refractivity contribution in [1.29, 1.82) is 0 Å². The number of benzene rings is 2. The summed E-state index contributed by atoms with van der Waals surface area (Å²) in [6, 6.07) is 16.5. The summed E-state index contributed by atoms with van der Waals surface area (Å²) in [5.41, 5.74) is 17.3. The van der Waals surface area contributed by atoms with Crippen LogP contribution in [0.3, 0.4) is 0 Å². The van der Waals surface area contributed by atoms with Crippen LogP contribution in [-0.4, -0.2) is 70.9 Å². The number of nitrogens with one attached hydrogen (secondary N) is 1. The molecule has 3 heterocycles. The molecule has 2 aliphatic rings. The Morgan fingerprint density at radius 3 is 2.45 bits per heavy atom. The van der Waals surface area contributed by atoms with E-state index in [4.69, 9.17) is 32.8 Å². The van der Waals surface area contributed by atoms with Crippen molar-refractivity contribution in [3.63, 3.8) is 0 Å². The molecule has 1 saturated heterocycles. The normalized spacial score (nSPS) is 18.9. The molecule has 2 amide bonds. The lowest BCUT2D eigenvalue weighted by atomic mass is 9.81. The van der Waals surface area contributed by atoms with E-state index in [0.717, 1.165) is 72.4 Å². The average molecular weight is 657 g/mol. The fourth-order valence-corrected chi connectivity index (χ4v) is 6.78. The number of ether oxygens (including phenoxy) is 1. The van der Waals surface area contributed by atoms with Crippen LogP contribution < -0.4 is 21.3 Å². The second-order valence-electron chi connectivity index (χ2n) is 12.4. The SMILES string of the molecule is Cc1cc(N2CCOCC2)ncc1-c1cccc(C[C@@H](C(N)=O)N(C(=O)C2CCC(CN)CC2)c2ccc(-c3n[nH]c(Cl)n3)cc2)c1. The minimum Gasteiger partial charge on any atom is -0.378 e. The Morgan fingerprint density at radius 2 is 1.81 bits per heavy atom. The predicted molar refractivity (Wildman–Crippen MR) is 183 cm³/mol. The molecule has 1 atom stereocenters. The molecular formula is C35H41ClN8O3. The third-order valence-corrected chi connectivity index (χ3v) is 9.54. The summed E-state index contributed by atoms with van der Waals surface area (Å²) >= 11 is 5.94. The highest BCUT2D eigenvalue weighted by Gasteiger charge is 2.36. The van der Waals surface area contributed by atoms with Crippen molar-refractivity contribution < 1.29 is 14.3 Å². The Morgan fingerprint density at radius 1 is 1.06 bits per heavy atom. The molecule has 1 aliphatic heterocycles. The summed E-state index contributed by atoms with van der Waals surface area (Å²) < 4.78 is 5.49. The van der Waals surface area contributed by atoms with Gasteiger partial charge in [-0.2, -0.15) is 10.1 Å². The molecule has 0 radical (unpaired) electrons. The van der Waals surface area contributed by atoms with Gasteiger partial charge in [-0.25, -0.2) is 10.1 Å². The highest BCUT2D eigenvalue weighted by Crippen LogP contribution is 2.34. The first-order chi connectivity index (χ1) is 22.8. The van der Waals surface area contributed by atoms with Crippen LogP contribution in [-0.2, 0) is 20.7 Å². The van der Waals surface area contributed by atoms with Crippen molar-refractivity contribution in [3.05, 3.63) is 77.2 Å². The Kier molecular flexibility index (Phi) is 10.1. The smallest absolute Gasteiger partial charge is 0.240 e. The number of H-pyrrole nitrogens is 1. The number of nitrogens with zero attached hydrogens (tertiary/aromatic N) is 5. The first kappa shape index (κ1) is 32.6. The molecule has 2 aromatic heterocycles. The number of aromatic amines is 1. The van der Waals surface area contributed by atoms with Gasteiger partial charge in [0.15, 0.2) is 5.82 Å². The average Bonchev–Trinajstić information content (AvgIpc) is 3.54. The van der Waals surface area contributed by atoms with Crippen LogP contribution in [0.2, 0.25) is 5.28 Å². The topological polar surface area (TPSA) is 156 Å². The van der Waals surface area contributed by atoms with Crippen molar-refractivity contribution in [2.24, 2.45) is 23.3 Å². The van der Waals surface area contributed by atoms with Gasteiger partial charge in [0.1, 0.15) is 11.9 Å². The number of nitrogens with two attached hydrogens (primary N) is 2. The first-order valence-electron chi connectivity index (χ1n) is 16.2. The van der Waals surface area contributed by atoms with E-state index < -0.39 is 11.9 Å². The fraction of sp³-hybridized carbons (Fsp3) is 0.400. The van der Waals surface area contributed by atoms with Crippen LogP contribution in [0.5, 0.6) is 0 Å². The number of aromatic nitrogens is 4. The van der Waals surface area contributed by atoms with E-state index in [1.54, 1.807) is 17.0 Å². The molecule has 246 valence electrons. The van der Waals surface area contributed by atoms with Gasteiger partial charge in [-0.3, -0.25) is 14.5 Å². The summed E-state index contributed by atoms with van der Waals surface area (Å²) in [6.45, 7) is 5.71. The second-order valence-corrected chi connectivity index (χ2v) is 12.8. The number of hydrogen-bond donors (Lipinski definition) is 3. The van der Waals surface area contributed by atoms with E-state index in [1.807, 2.05) is 36.5 Å². The lowest BCUT2D eigenvalue weighted by Crippen LogP contribution is -2.52. The van der Waals surface area contributed by atoms with E-state index in [2.05, 4.69) is 39.1 Å². The van der Waals surface area contributed by atoms with E-state index in [1.165, 1.54) is 0 Å². The van der Waals surface area contributed by atoms with Gasteiger partial charge in [0, 0.05) is 48.4 Å². The number of amides is 2. The summed E-state index contributed by atoms with van der Waals surface area (Å²) in [7, 11) is 0. The lowest BCUT2D eigenvalue weighted by Gasteiger charge is -2.35. The fourth-order valence-electron chi connectivity index (χ4n) is 6.66. The molecule has 11 nitrogen and oxygen atoms in total. The van der Waals surface area contributed by atoms with Crippen LogP contribution in [0, 0.1) is 18.8 Å². The Labute approximate surface area is 279 Å². The lowest BCUT2D eigenvalue weighted by molar-refractivity contribution is -0.127. The molecule has 0 spiro atoms. The number of halogens is 1. The van der Waals surface area contributed by atoms with Gasteiger partial charge in [-0.15, -0.1) is 0 Å². The maximum atomic E-state index is 14.3. The summed E-state index contributed by atoms with van der Waals surface area (Å²) in [6.07, 6.45) is 5.36. The van der Waals surface area contributed by atoms with Crippen molar-refractivity contribution in [1.82, 2.24) is 20.2 Å². The zero-order valence-electron chi connectivity index (χ0n) is 26.6. The van der Waals surface area contributed by atoms with Gasteiger partial charge in [-0.1, -0.05) is 24.3 Å². The molecule has 1 aliphatic carbocycles. The highest BCUT2D eigenvalue weighted by molar-refractivity contribution is 6.28. The van der Waals surface area contributed by atoms with Crippen molar-refractivity contribution in [2.75, 3.05) is 42.6 Å². The molecule has 2 aromatic carbocycles. The van der Waals surface area contributed by atoms with Gasteiger partial charge in [0.25, 0.3) is 0 Å². The zero-order chi connectivity index (χ0) is 32.9. The molecule has 1 saturated carbocycles.